The number of rotatable bonds is 3. The van der Waals surface area contributed by atoms with Gasteiger partial charge in [-0.3, -0.25) is 13.9 Å². The van der Waals surface area contributed by atoms with Crippen LogP contribution < -0.4 is 16.1 Å². The van der Waals surface area contributed by atoms with Crippen molar-refractivity contribution in [2.45, 2.75) is 38.8 Å². The third kappa shape index (κ3) is 2.56. The Morgan fingerprint density at radius 1 is 1.13 bits per heavy atom. The maximum Gasteiger partial charge on any atom is 0.332 e. The first kappa shape index (κ1) is 15.8. The molecule has 3 heterocycles. The van der Waals surface area contributed by atoms with Crippen LogP contribution in [0.15, 0.2) is 9.59 Å². The van der Waals surface area contributed by atoms with Crippen LogP contribution in [-0.4, -0.2) is 43.0 Å². The van der Waals surface area contributed by atoms with Crippen molar-refractivity contribution in [2.75, 3.05) is 18.0 Å². The van der Waals surface area contributed by atoms with Crippen LogP contribution in [0.25, 0.3) is 11.2 Å². The van der Waals surface area contributed by atoms with Crippen LogP contribution in [0.5, 0.6) is 0 Å². The van der Waals surface area contributed by atoms with E-state index in [0.717, 1.165) is 30.5 Å². The van der Waals surface area contributed by atoms with Crippen molar-refractivity contribution in [2.24, 2.45) is 14.1 Å². The SMILES string of the molecule is C[C@H](O)Cn1c(N2CCCCC2)nc2c1c(=O)n(C)c(=O)n2C. The summed E-state index contributed by atoms with van der Waals surface area (Å²) in [6.07, 6.45) is 2.73. The summed E-state index contributed by atoms with van der Waals surface area (Å²) >= 11 is 0. The smallest absolute Gasteiger partial charge is 0.332 e. The minimum absolute atomic E-state index is 0.274. The van der Waals surface area contributed by atoms with Crippen LogP contribution in [0.3, 0.4) is 0 Å². The van der Waals surface area contributed by atoms with Gasteiger partial charge in [-0.1, -0.05) is 0 Å². The number of hydrogen-bond donors (Lipinski definition) is 1. The summed E-state index contributed by atoms with van der Waals surface area (Å²) < 4.78 is 4.23. The average molecular weight is 321 g/mol. The molecule has 8 heteroatoms. The molecule has 0 bridgehead atoms. The third-order valence-corrected chi connectivity index (χ3v) is 4.41. The van der Waals surface area contributed by atoms with Crippen molar-refractivity contribution in [1.82, 2.24) is 18.7 Å². The Bertz CT molecular complexity index is 839. The molecule has 0 spiro atoms. The van der Waals surface area contributed by atoms with Gasteiger partial charge in [-0.25, -0.2) is 4.79 Å². The molecular formula is C15H23N5O3. The van der Waals surface area contributed by atoms with Crippen molar-refractivity contribution in [3.63, 3.8) is 0 Å². The van der Waals surface area contributed by atoms with E-state index in [2.05, 4.69) is 9.88 Å². The highest BCUT2D eigenvalue weighted by molar-refractivity contribution is 5.74. The molecule has 126 valence electrons. The zero-order valence-corrected chi connectivity index (χ0v) is 13.8. The first-order valence-corrected chi connectivity index (χ1v) is 8.01. The molecule has 1 saturated heterocycles. The molecule has 2 aromatic heterocycles. The van der Waals surface area contributed by atoms with Crippen molar-refractivity contribution >= 4 is 17.1 Å². The fourth-order valence-electron chi connectivity index (χ4n) is 3.21. The molecule has 1 fully saturated rings. The largest absolute Gasteiger partial charge is 0.392 e. The molecular weight excluding hydrogens is 298 g/mol. The zero-order valence-electron chi connectivity index (χ0n) is 13.8. The van der Waals surface area contributed by atoms with Crippen LogP contribution in [-0.2, 0) is 20.6 Å². The molecule has 1 aliphatic heterocycles. The van der Waals surface area contributed by atoms with Crippen molar-refractivity contribution < 1.29 is 5.11 Å². The van der Waals surface area contributed by atoms with E-state index >= 15 is 0 Å². The van der Waals surface area contributed by atoms with Crippen molar-refractivity contribution in [3.05, 3.63) is 20.8 Å². The van der Waals surface area contributed by atoms with Crippen LogP contribution in [0, 0.1) is 0 Å². The standard InChI is InChI=1S/C15H23N5O3/c1-10(21)9-20-11-12(17(2)15(23)18(3)13(11)22)16-14(20)19-7-5-4-6-8-19/h10,21H,4-9H2,1-3H3/t10-/m0/s1. The predicted octanol–water partition coefficient (Wildman–Crippen LogP) is -0.195. The zero-order chi connectivity index (χ0) is 16.7. The molecule has 8 nitrogen and oxygen atoms in total. The quantitative estimate of drug-likeness (QED) is 0.846. The van der Waals surface area contributed by atoms with E-state index in [0.29, 0.717) is 17.1 Å². The molecule has 1 atom stereocenters. The van der Waals surface area contributed by atoms with Crippen molar-refractivity contribution in [1.29, 1.82) is 0 Å². The van der Waals surface area contributed by atoms with Gasteiger partial charge in [0.15, 0.2) is 11.2 Å². The van der Waals surface area contributed by atoms with Crippen LogP contribution in [0.1, 0.15) is 26.2 Å². The molecule has 0 saturated carbocycles. The van der Waals surface area contributed by atoms with Gasteiger partial charge in [0.05, 0.1) is 12.6 Å². The lowest BCUT2D eigenvalue weighted by Gasteiger charge is -2.28. The molecule has 0 radical (unpaired) electrons. The van der Waals surface area contributed by atoms with Gasteiger partial charge in [0.1, 0.15) is 0 Å². The number of hydrogen-bond acceptors (Lipinski definition) is 5. The fourth-order valence-corrected chi connectivity index (χ4v) is 3.21. The number of fused-ring (bicyclic) bond motifs is 1. The summed E-state index contributed by atoms with van der Waals surface area (Å²) in [6.45, 7) is 3.70. The van der Waals surface area contributed by atoms with Crippen LogP contribution in [0.4, 0.5) is 5.95 Å². The number of anilines is 1. The fraction of sp³-hybridized carbons (Fsp3) is 0.667. The Labute approximate surface area is 133 Å². The van der Waals surface area contributed by atoms with E-state index in [1.54, 1.807) is 18.5 Å². The summed E-state index contributed by atoms with van der Waals surface area (Å²) in [6, 6.07) is 0. The van der Waals surface area contributed by atoms with E-state index in [1.807, 2.05) is 0 Å². The van der Waals surface area contributed by atoms with E-state index in [-0.39, 0.29) is 12.1 Å². The maximum atomic E-state index is 12.6. The third-order valence-electron chi connectivity index (χ3n) is 4.41. The molecule has 1 N–H and O–H groups in total. The first-order chi connectivity index (χ1) is 10.9. The Hall–Kier alpha value is -2.09. The Morgan fingerprint density at radius 3 is 2.39 bits per heavy atom. The highest BCUT2D eigenvalue weighted by Crippen LogP contribution is 2.23. The summed E-state index contributed by atoms with van der Waals surface area (Å²) in [5.74, 6) is 0.666. The Kier molecular flexibility index (Phi) is 4.01. The molecule has 0 amide bonds. The Morgan fingerprint density at radius 2 is 1.78 bits per heavy atom. The summed E-state index contributed by atoms with van der Waals surface area (Å²) in [7, 11) is 3.08. The van der Waals surface area contributed by atoms with E-state index in [9.17, 15) is 14.7 Å². The number of imidazole rings is 1. The second-order valence-electron chi connectivity index (χ2n) is 6.30. The minimum atomic E-state index is -0.613. The molecule has 23 heavy (non-hydrogen) atoms. The lowest BCUT2D eigenvalue weighted by Crippen LogP contribution is -2.38. The van der Waals surface area contributed by atoms with Gasteiger partial charge in [0.25, 0.3) is 5.56 Å². The van der Waals surface area contributed by atoms with Crippen molar-refractivity contribution in [3.8, 4) is 0 Å². The number of nitrogens with zero attached hydrogens (tertiary/aromatic N) is 5. The monoisotopic (exact) mass is 321 g/mol. The van der Waals surface area contributed by atoms with Crippen LogP contribution >= 0.6 is 0 Å². The summed E-state index contributed by atoms with van der Waals surface area (Å²) in [5.41, 5.74) is -0.0238. The molecule has 3 rings (SSSR count). The van der Waals surface area contributed by atoms with E-state index < -0.39 is 11.8 Å². The van der Waals surface area contributed by atoms with Gasteiger partial charge >= 0.3 is 5.69 Å². The van der Waals surface area contributed by atoms with Crippen LogP contribution in [0.2, 0.25) is 0 Å². The minimum Gasteiger partial charge on any atom is -0.392 e. The lowest BCUT2D eigenvalue weighted by molar-refractivity contribution is 0.175. The summed E-state index contributed by atoms with van der Waals surface area (Å²) in [4.78, 5) is 31.4. The predicted molar refractivity (Wildman–Crippen MR) is 88.0 cm³/mol. The normalized spacial score (nSPS) is 17.0. The van der Waals surface area contributed by atoms with Gasteiger partial charge in [0, 0.05) is 27.2 Å². The van der Waals surface area contributed by atoms with E-state index in [1.165, 1.54) is 18.0 Å². The maximum absolute atomic E-state index is 12.6. The number of aliphatic hydroxyl groups is 1. The second-order valence-corrected chi connectivity index (χ2v) is 6.30. The molecule has 0 unspecified atom stereocenters. The molecule has 0 aromatic carbocycles. The number of piperidine rings is 1. The number of aromatic nitrogens is 4. The molecule has 1 aliphatic rings. The van der Waals surface area contributed by atoms with Gasteiger partial charge < -0.3 is 14.6 Å². The summed E-state index contributed by atoms with van der Waals surface area (Å²) in [5, 5.41) is 9.85. The topological polar surface area (TPSA) is 85.3 Å². The lowest BCUT2D eigenvalue weighted by atomic mass is 10.1. The Balaban J connectivity index is 2.31. The highest BCUT2D eigenvalue weighted by Gasteiger charge is 2.24. The molecule has 2 aromatic rings. The van der Waals surface area contributed by atoms with Gasteiger partial charge in [-0.15, -0.1) is 0 Å². The highest BCUT2D eigenvalue weighted by atomic mass is 16.3. The molecule has 0 aliphatic carbocycles. The number of aryl methyl sites for hydroxylation is 1. The second kappa shape index (κ2) is 5.84. The van der Waals surface area contributed by atoms with E-state index in [4.69, 9.17) is 0 Å². The van der Waals surface area contributed by atoms with Gasteiger partial charge in [-0.05, 0) is 26.2 Å². The average Bonchev–Trinajstić information content (AvgIpc) is 2.90. The van der Waals surface area contributed by atoms with Gasteiger partial charge in [-0.2, -0.15) is 4.98 Å². The number of aliphatic hydroxyl groups excluding tert-OH is 1. The van der Waals surface area contributed by atoms with Gasteiger partial charge in [0.2, 0.25) is 5.95 Å². The first-order valence-electron chi connectivity index (χ1n) is 8.01.